The summed E-state index contributed by atoms with van der Waals surface area (Å²) in [6, 6.07) is 11.3. The standard InChI is InChI=1S/C21H18INO4/c1-4-8-26-19-16(22)10-14(12-18(19)25-3)11-17-21(24)27-20(23-17)15-7-5-6-13(2)9-15/h4-7,9-12H,1,8H2,2-3H3/b17-11+. The van der Waals surface area contributed by atoms with Crippen LogP contribution in [-0.2, 0) is 9.53 Å². The van der Waals surface area contributed by atoms with E-state index in [1.54, 1.807) is 25.3 Å². The van der Waals surface area contributed by atoms with Crippen molar-refractivity contribution >= 4 is 40.5 Å². The summed E-state index contributed by atoms with van der Waals surface area (Å²) in [5.74, 6) is 1.04. The van der Waals surface area contributed by atoms with Crippen LogP contribution in [0.25, 0.3) is 6.08 Å². The lowest BCUT2D eigenvalue weighted by molar-refractivity contribution is -0.129. The van der Waals surface area contributed by atoms with Crippen molar-refractivity contribution in [3.63, 3.8) is 0 Å². The maximum Gasteiger partial charge on any atom is 0.363 e. The van der Waals surface area contributed by atoms with E-state index in [0.29, 0.717) is 24.0 Å². The number of benzene rings is 2. The van der Waals surface area contributed by atoms with Gasteiger partial charge in [-0.15, -0.1) is 0 Å². The van der Waals surface area contributed by atoms with Crippen molar-refractivity contribution in [3.8, 4) is 11.5 Å². The monoisotopic (exact) mass is 475 g/mol. The molecule has 138 valence electrons. The van der Waals surface area contributed by atoms with Gasteiger partial charge in [0.25, 0.3) is 0 Å². The summed E-state index contributed by atoms with van der Waals surface area (Å²) in [6.45, 7) is 6.00. The molecule has 3 rings (SSSR count). The zero-order chi connectivity index (χ0) is 19.4. The highest BCUT2D eigenvalue weighted by Crippen LogP contribution is 2.35. The molecule has 0 spiro atoms. The van der Waals surface area contributed by atoms with Gasteiger partial charge in [0.1, 0.15) is 6.61 Å². The Morgan fingerprint density at radius 1 is 1.30 bits per heavy atom. The number of nitrogens with zero attached hydrogens (tertiary/aromatic N) is 1. The maximum atomic E-state index is 12.2. The summed E-state index contributed by atoms with van der Waals surface area (Å²) in [6.07, 6.45) is 3.34. The van der Waals surface area contributed by atoms with Crippen LogP contribution in [0.3, 0.4) is 0 Å². The third-order valence-electron chi connectivity index (χ3n) is 3.79. The largest absolute Gasteiger partial charge is 0.493 e. The molecule has 0 unspecified atom stereocenters. The van der Waals surface area contributed by atoms with Gasteiger partial charge in [-0.2, -0.15) is 0 Å². The quantitative estimate of drug-likeness (QED) is 0.267. The Hall–Kier alpha value is -2.61. The number of hydrogen-bond acceptors (Lipinski definition) is 5. The van der Waals surface area contributed by atoms with Gasteiger partial charge < -0.3 is 14.2 Å². The van der Waals surface area contributed by atoms with E-state index in [1.165, 1.54) is 0 Å². The molecule has 0 aliphatic carbocycles. The van der Waals surface area contributed by atoms with Crippen LogP contribution in [-0.4, -0.2) is 25.6 Å². The molecule has 1 heterocycles. The number of aliphatic imine (C=N–C) groups is 1. The predicted octanol–water partition coefficient (Wildman–Crippen LogP) is 4.52. The van der Waals surface area contributed by atoms with Crippen LogP contribution in [0.2, 0.25) is 0 Å². The van der Waals surface area contributed by atoms with Crippen molar-refractivity contribution in [2.24, 2.45) is 4.99 Å². The van der Waals surface area contributed by atoms with E-state index < -0.39 is 5.97 Å². The number of carbonyl (C=O) groups is 1. The average Bonchev–Trinajstić information content (AvgIpc) is 3.01. The van der Waals surface area contributed by atoms with E-state index in [-0.39, 0.29) is 5.70 Å². The van der Waals surface area contributed by atoms with E-state index >= 15 is 0 Å². The fourth-order valence-electron chi connectivity index (χ4n) is 2.57. The highest BCUT2D eigenvalue weighted by molar-refractivity contribution is 14.1. The van der Waals surface area contributed by atoms with Crippen molar-refractivity contribution in [2.75, 3.05) is 13.7 Å². The fraction of sp³-hybridized carbons (Fsp3) is 0.143. The first-order chi connectivity index (χ1) is 13.0. The van der Waals surface area contributed by atoms with Gasteiger partial charge in [0.15, 0.2) is 17.2 Å². The molecule has 0 amide bonds. The molecule has 0 bridgehead atoms. The molecule has 0 N–H and O–H groups in total. The smallest absolute Gasteiger partial charge is 0.363 e. The number of halogens is 1. The molecule has 0 radical (unpaired) electrons. The topological polar surface area (TPSA) is 57.1 Å². The van der Waals surface area contributed by atoms with Crippen LogP contribution in [0.5, 0.6) is 11.5 Å². The van der Waals surface area contributed by atoms with E-state index in [9.17, 15) is 4.79 Å². The third kappa shape index (κ3) is 4.39. The second-order valence-corrected chi connectivity index (χ2v) is 7.00. The fourth-order valence-corrected chi connectivity index (χ4v) is 3.36. The first-order valence-electron chi connectivity index (χ1n) is 8.22. The highest BCUT2D eigenvalue weighted by atomic mass is 127. The zero-order valence-corrected chi connectivity index (χ0v) is 17.1. The lowest BCUT2D eigenvalue weighted by Gasteiger charge is -2.12. The van der Waals surface area contributed by atoms with Gasteiger partial charge in [-0.1, -0.05) is 30.4 Å². The summed E-state index contributed by atoms with van der Waals surface area (Å²) in [5, 5.41) is 0. The Kier molecular flexibility index (Phi) is 5.95. The first-order valence-corrected chi connectivity index (χ1v) is 9.30. The Balaban J connectivity index is 1.95. The van der Waals surface area contributed by atoms with Crippen LogP contribution in [0.1, 0.15) is 16.7 Å². The van der Waals surface area contributed by atoms with E-state index in [4.69, 9.17) is 14.2 Å². The molecule has 27 heavy (non-hydrogen) atoms. The lowest BCUT2D eigenvalue weighted by Crippen LogP contribution is -2.05. The zero-order valence-electron chi connectivity index (χ0n) is 15.0. The number of methoxy groups -OCH3 is 1. The molecule has 0 fully saturated rings. The summed E-state index contributed by atoms with van der Waals surface area (Å²) in [4.78, 5) is 16.6. The van der Waals surface area contributed by atoms with Gasteiger partial charge in [-0.25, -0.2) is 9.79 Å². The van der Waals surface area contributed by atoms with Crippen LogP contribution in [0, 0.1) is 10.5 Å². The van der Waals surface area contributed by atoms with Gasteiger partial charge in [0.2, 0.25) is 5.90 Å². The summed E-state index contributed by atoms with van der Waals surface area (Å²) in [5.41, 5.74) is 2.85. The lowest BCUT2D eigenvalue weighted by atomic mass is 10.1. The molecule has 0 saturated heterocycles. The van der Waals surface area contributed by atoms with Gasteiger partial charge in [0.05, 0.1) is 10.7 Å². The third-order valence-corrected chi connectivity index (χ3v) is 4.59. The number of ether oxygens (including phenoxy) is 3. The van der Waals surface area contributed by atoms with E-state index in [2.05, 4.69) is 34.2 Å². The number of carbonyl (C=O) groups excluding carboxylic acids is 1. The van der Waals surface area contributed by atoms with Gasteiger partial charge >= 0.3 is 5.97 Å². The molecule has 1 aliphatic rings. The van der Waals surface area contributed by atoms with Crippen molar-refractivity contribution in [2.45, 2.75) is 6.92 Å². The Morgan fingerprint density at radius 3 is 2.81 bits per heavy atom. The van der Waals surface area contributed by atoms with Crippen LogP contribution in [0.15, 0.2) is 59.7 Å². The van der Waals surface area contributed by atoms with Crippen molar-refractivity contribution in [1.29, 1.82) is 0 Å². The molecule has 1 aliphatic heterocycles. The summed E-state index contributed by atoms with van der Waals surface area (Å²) in [7, 11) is 1.57. The Bertz CT molecular complexity index is 963. The minimum Gasteiger partial charge on any atom is -0.493 e. The predicted molar refractivity (Wildman–Crippen MR) is 113 cm³/mol. The number of cyclic esters (lactones) is 1. The Morgan fingerprint density at radius 2 is 2.11 bits per heavy atom. The number of rotatable bonds is 6. The minimum atomic E-state index is -0.479. The maximum absolute atomic E-state index is 12.2. The average molecular weight is 475 g/mol. The molecule has 0 saturated carbocycles. The molecular formula is C21H18INO4. The molecule has 0 aromatic heterocycles. The Labute approximate surface area is 171 Å². The van der Waals surface area contributed by atoms with E-state index in [0.717, 1.165) is 20.3 Å². The number of hydrogen-bond donors (Lipinski definition) is 0. The molecule has 5 nitrogen and oxygen atoms in total. The highest BCUT2D eigenvalue weighted by Gasteiger charge is 2.24. The number of esters is 1. The number of aryl methyl sites for hydroxylation is 1. The minimum absolute atomic E-state index is 0.240. The second-order valence-electron chi connectivity index (χ2n) is 5.84. The van der Waals surface area contributed by atoms with E-state index in [1.807, 2.05) is 37.3 Å². The van der Waals surface area contributed by atoms with Crippen LogP contribution >= 0.6 is 22.6 Å². The van der Waals surface area contributed by atoms with Gasteiger partial charge in [-0.3, -0.25) is 0 Å². The molecule has 0 atom stereocenters. The summed E-state index contributed by atoms with van der Waals surface area (Å²) >= 11 is 2.16. The first kappa shape index (κ1) is 19.2. The van der Waals surface area contributed by atoms with Gasteiger partial charge in [-0.05, 0) is 65.4 Å². The normalized spacial score (nSPS) is 14.7. The summed E-state index contributed by atoms with van der Waals surface area (Å²) < 4.78 is 17.2. The van der Waals surface area contributed by atoms with Crippen molar-refractivity contribution < 1.29 is 19.0 Å². The van der Waals surface area contributed by atoms with Crippen molar-refractivity contribution in [1.82, 2.24) is 0 Å². The van der Waals surface area contributed by atoms with Crippen molar-refractivity contribution in [3.05, 3.63) is 75.0 Å². The second kappa shape index (κ2) is 8.39. The SMILES string of the molecule is C=CCOc1c(I)cc(/C=C2/N=C(c3cccc(C)c3)OC2=O)cc1OC. The molecule has 2 aromatic carbocycles. The van der Waals surface area contributed by atoms with Crippen LogP contribution < -0.4 is 9.47 Å². The molecule has 2 aromatic rings. The van der Waals surface area contributed by atoms with Crippen LogP contribution in [0.4, 0.5) is 0 Å². The molecule has 6 heteroatoms. The van der Waals surface area contributed by atoms with Gasteiger partial charge in [0, 0.05) is 5.56 Å². The molecular weight excluding hydrogens is 457 g/mol.